The van der Waals surface area contributed by atoms with Crippen molar-refractivity contribution >= 4 is 17.4 Å². The number of carbonyl (C=O) groups is 1. The monoisotopic (exact) mass is 406 g/mol. The first kappa shape index (κ1) is 19.4. The van der Waals surface area contributed by atoms with Gasteiger partial charge in [0, 0.05) is 32.9 Å². The molecule has 0 spiro atoms. The van der Waals surface area contributed by atoms with E-state index >= 15 is 0 Å². The van der Waals surface area contributed by atoms with E-state index in [1.54, 1.807) is 13.3 Å². The van der Waals surface area contributed by atoms with Gasteiger partial charge in [-0.05, 0) is 61.3 Å². The molecular weight excluding hydrogens is 376 g/mol. The number of amides is 1. The van der Waals surface area contributed by atoms with Crippen LogP contribution < -0.4 is 10.6 Å². The number of fused-ring (bicyclic) bond motifs is 2. The minimum absolute atomic E-state index is 0.134. The van der Waals surface area contributed by atoms with Gasteiger partial charge >= 0.3 is 0 Å². The number of carbonyl (C=O) groups excluding carboxylic acids is 1. The van der Waals surface area contributed by atoms with Crippen molar-refractivity contribution in [2.75, 3.05) is 37.4 Å². The molecule has 2 aliphatic heterocycles. The van der Waals surface area contributed by atoms with Gasteiger partial charge in [-0.15, -0.1) is 0 Å². The number of hydrogen-bond donors (Lipinski definition) is 2. The minimum atomic E-state index is 0.134. The zero-order chi connectivity index (χ0) is 20.5. The van der Waals surface area contributed by atoms with Crippen LogP contribution in [0.25, 0.3) is 0 Å². The number of benzene rings is 1. The summed E-state index contributed by atoms with van der Waals surface area (Å²) in [6.45, 7) is 2.59. The van der Waals surface area contributed by atoms with Crippen molar-refractivity contribution in [3.8, 4) is 0 Å². The van der Waals surface area contributed by atoms with Crippen LogP contribution in [0.3, 0.4) is 0 Å². The maximum Gasteiger partial charge on any atom is 0.255 e. The lowest BCUT2D eigenvalue weighted by Crippen LogP contribution is -2.44. The Balaban J connectivity index is 1.31. The first-order valence-corrected chi connectivity index (χ1v) is 11.1. The summed E-state index contributed by atoms with van der Waals surface area (Å²) in [6, 6.07) is 12.3. The third kappa shape index (κ3) is 3.65. The summed E-state index contributed by atoms with van der Waals surface area (Å²) in [7, 11) is 1.79. The second kappa shape index (κ2) is 8.26. The highest BCUT2D eigenvalue weighted by Gasteiger charge is 2.44. The van der Waals surface area contributed by atoms with Gasteiger partial charge in [-0.3, -0.25) is 4.79 Å². The Hall–Kier alpha value is -2.60. The molecule has 0 radical (unpaired) electrons. The number of methoxy groups -OCH3 is 1. The van der Waals surface area contributed by atoms with E-state index in [1.165, 1.54) is 5.56 Å². The molecule has 1 saturated heterocycles. The molecule has 5 rings (SSSR count). The molecule has 1 aromatic carbocycles. The molecule has 1 aliphatic carbocycles. The molecular formula is C24H30N4O2. The minimum Gasteiger partial charge on any atom is -0.384 e. The van der Waals surface area contributed by atoms with Crippen molar-refractivity contribution in [3.05, 3.63) is 53.7 Å². The number of hydrogen-bond acceptors (Lipinski definition) is 5. The molecule has 30 heavy (non-hydrogen) atoms. The number of likely N-dealkylation sites (tertiary alicyclic amines) is 1. The number of nitrogens with one attached hydrogen (secondary N) is 2. The fourth-order valence-electron chi connectivity index (χ4n) is 5.49. The number of para-hydroxylation sites is 1. The normalized spacial score (nSPS) is 27.7. The number of anilines is 2. The molecule has 6 heteroatoms. The summed E-state index contributed by atoms with van der Waals surface area (Å²) in [4.78, 5) is 19.9. The second-order valence-electron chi connectivity index (χ2n) is 8.81. The summed E-state index contributed by atoms with van der Waals surface area (Å²) in [5, 5.41) is 7.03. The number of aryl methyl sites for hydroxylation is 1. The Morgan fingerprint density at radius 3 is 2.83 bits per heavy atom. The Morgan fingerprint density at radius 1 is 1.17 bits per heavy atom. The molecule has 1 saturated carbocycles. The topological polar surface area (TPSA) is 66.5 Å². The molecule has 0 unspecified atom stereocenters. The van der Waals surface area contributed by atoms with Gasteiger partial charge in [0.15, 0.2) is 0 Å². The molecule has 2 aromatic rings. The highest BCUT2D eigenvalue weighted by atomic mass is 16.5. The fraction of sp³-hybridized carbons (Fsp3) is 0.500. The lowest BCUT2D eigenvalue weighted by molar-refractivity contribution is 0.0304. The molecule has 1 aromatic heterocycles. The van der Waals surface area contributed by atoms with Crippen LogP contribution in [0, 0.1) is 11.8 Å². The molecule has 6 nitrogen and oxygen atoms in total. The van der Waals surface area contributed by atoms with Crippen LogP contribution in [0.2, 0.25) is 0 Å². The van der Waals surface area contributed by atoms with Crippen LogP contribution in [-0.2, 0) is 11.2 Å². The van der Waals surface area contributed by atoms with E-state index in [0.717, 1.165) is 62.4 Å². The molecule has 1 amide bonds. The Morgan fingerprint density at radius 2 is 2.03 bits per heavy atom. The number of nitrogens with zero attached hydrogens (tertiary/aromatic N) is 2. The molecule has 3 aliphatic rings. The summed E-state index contributed by atoms with van der Waals surface area (Å²) >= 11 is 0. The van der Waals surface area contributed by atoms with Gasteiger partial charge in [0.2, 0.25) is 0 Å². The maximum absolute atomic E-state index is 13.4. The molecule has 2 fully saturated rings. The van der Waals surface area contributed by atoms with Crippen LogP contribution >= 0.6 is 0 Å². The lowest BCUT2D eigenvalue weighted by atomic mass is 9.77. The Bertz CT molecular complexity index is 903. The average Bonchev–Trinajstić information content (AvgIpc) is 3.21. The standard InChI is InChI=1S/C24H30N4O2/c1-30-21-13-18-15-28(14-17(18)12-20(21)27-22-9-2-3-10-25-22)24(29)19-8-4-6-16-7-5-11-26-23(16)19/h2-4,6,8-10,17-18,20-21,26H,5,7,11-15H2,1H3,(H,25,27)/t17-,18+,20-,21-/m1/s1. The van der Waals surface area contributed by atoms with Crippen molar-refractivity contribution in [2.45, 2.75) is 37.8 Å². The second-order valence-corrected chi connectivity index (χ2v) is 8.81. The highest BCUT2D eigenvalue weighted by molar-refractivity contribution is 6.00. The molecule has 0 bridgehead atoms. The smallest absolute Gasteiger partial charge is 0.255 e. The molecule has 3 heterocycles. The van der Waals surface area contributed by atoms with Crippen LogP contribution in [0.15, 0.2) is 42.6 Å². The SMILES string of the molecule is CO[C@@H]1C[C@H]2CN(C(=O)c3cccc4c3NCCC4)C[C@H]2C[C@H]1Nc1ccccn1. The van der Waals surface area contributed by atoms with E-state index in [-0.39, 0.29) is 18.1 Å². The van der Waals surface area contributed by atoms with Gasteiger partial charge in [-0.1, -0.05) is 18.2 Å². The van der Waals surface area contributed by atoms with E-state index in [2.05, 4.69) is 26.6 Å². The summed E-state index contributed by atoms with van der Waals surface area (Å²) in [5.74, 6) is 2.04. The molecule has 4 atom stereocenters. The van der Waals surface area contributed by atoms with Gasteiger partial charge < -0.3 is 20.3 Å². The zero-order valence-electron chi connectivity index (χ0n) is 17.5. The van der Waals surface area contributed by atoms with Crippen LogP contribution in [-0.4, -0.2) is 54.7 Å². The number of rotatable bonds is 4. The van der Waals surface area contributed by atoms with Gasteiger partial charge in [-0.2, -0.15) is 0 Å². The van der Waals surface area contributed by atoms with Crippen LogP contribution in [0.1, 0.15) is 35.2 Å². The van der Waals surface area contributed by atoms with Gasteiger partial charge in [0.05, 0.1) is 23.4 Å². The molecule has 158 valence electrons. The van der Waals surface area contributed by atoms with Crippen molar-refractivity contribution in [1.82, 2.24) is 9.88 Å². The number of ether oxygens (including phenoxy) is 1. The van der Waals surface area contributed by atoms with Crippen LogP contribution in [0.4, 0.5) is 11.5 Å². The first-order chi connectivity index (χ1) is 14.7. The predicted molar refractivity (Wildman–Crippen MR) is 118 cm³/mol. The van der Waals surface area contributed by atoms with Gasteiger partial charge in [0.25, 0.3) is 5.91 Å². The van der Waals surface area contributed by atoms with Crippen molar-refractivity contribution in [1.29, 1.82) is 0 Å². The van der Waals surface area contributed by atoms with Crippen molar-refractivity contribution in [3.63, 3.8) is 0 Å². The summed E-state index contributed by atoms with van der Waals surface area (Å²) < 4.78 is 5.84. The zero-order valence-corrected chi connectivity index (χ0v) is 17.5. The summed E-state index contributed by atoms with van der Waals surface area (Å²) in [6.07, 6.45) is 6.08. The summed E-state index contributed by atoms with van der Waals surface area (Å²) in [5.41, 5.74) is 3.15. The lowest BCUT2D eigenvalue weighted by Gasteiger charge is -2.37. The first-order valence-electron chi connectivity index (χ1n) is 11.1. The van der Waals surface area contributed by atoms with Gasteiger partial charge in [0.1, 0.15) is 5.82 Å². The Labute approximate surface area is 178 Å². The van der Waals surface area contributed by atoms with E-state index in [0.29, 0.717) is 11.8 Å². The predicted octanol–water partition coefficient (Wildman–Crippen LogP) is 3.42. The number of pyridine rings is 1. The van der Waals surface area contributed by atoms with Crippen molar-refractivity contribution < 1.29 is 9.53 Å². The number of aromatic nitrogens is 1. The Kier molecular flexibility index (Phi) is 5.34. The third-order valence-corrected chi connectivity index (χ3v) is 7.01. The van der Waals surface area contributed by atoms with Crippen molar-refractivity contribution in [2.24, 2.45) is 11.8 Å². The van der Waals surface area contributed by atoms with E-state index in [4.69, 9.17) is 4.74 Å². The molecule has 2 N–H and O–H groups in total. The van der Waals surface area contributed by atoms with E-state index < -0.39 is 0 Å². The van der Waals surface area contributed by atoms with Gasteiger partial charge in [-0.25, -0.2) is 4.98 Å². The maximum atomic E-state index is 13.4. The van der Waals surface area contributed by atoms with E-state index in [9.17, 15) is 4.79 Å². The average molecular weight is 407 g/mol. The third-order valence-electron chi connectivity index (χ3n) is 7.01. The highest BCUT2D eigenvalue weighted by Crippen LogP contribution is 2.39. The van der Waals surface area contributed by atoms with E-state index in [1.807, 2.05) is 30.3 Å². The quantitative estimate of drug-likeness (QED) is 0.815. The van der Waals surface area contributed by atoms with Crippen LogP contribution in [0.5, 0.6) is 0 Å². The fourth-order valence-corrected chi connectivity index (χ4v) is 5.49. The largest absolute Gasteiger partial charge is 0.384 e.